The molecule has 1 aliphatic heterocycles. The first-order chi connectivity index (χ1) is 21.2. The lowest BCUT2D eigenvalue weighted by molar-refractivity contribution is -0.148. The van der Waals surface area contributed by atoms with Gasteiger partial charge in [0.15, 0.2) is 5.13 Å². The minimum Gasteiger partial charge on any atom is -0.488 e. The van der Waals surface area contributed by atoms with Crippen molar-refractivity contribution >= 4 is 28.3 Å². The quantitative estimate of drug-likeness (QED) is 0.249. The normalized spacial score (nSPS) is 19.5. The van der Waals surface area contributed by atoms with Gasteiger partial charge in [-0.1, -0.05) is 24.1 Å². The SMILES string of the molecule is Cc1ccc(OCc2ccc(C(=O)N(C)Cc3cnn(C)c3)cc2C)c(-c2csc(N3C[C@@H]4CCC[C@@H](C3)C4C(=O)O)n2)c1. The van der Waals surface area contributed by atoms with Crippen molar-refractivity contribution in [2.45, 2.75) is 46.3 Å². The minimum absolute atomic E-state index is 0.0413. The molecule has 0 spiro atoms. The number of aliphatic carboxylic acids is 1. The number of carbonyl (C=O) groups is 2. The molecule has 1 amide bonds. The predicted molar refractivity (Wildman–Crippen MR) is 171 cm³/mol. The van der Waals surface area contributed by atoms with Crippen molar-refractivity contribution in [1.29, 1.82) is 0 Å². The van der Waals surface area contributed by atoms with E-state index in [1.54, 1.807) is 34.2 Å². The molecule has 1 saturated heterocycles. The maximum atomic E-state index is 13.1. The second kappa shape index (κ2) is 12.4. The van der Waals surface area contributed by atoms with Crippen molar-refractivity contribution in [3.8, 4) is 17.0 Å². The van der Waals surface area contributed by atoms with E-state index < -0.39 is 5.97 Å². The third-order valence-electron chi connectivity index (χ3n) is 9.03. The third-order valence-corrected chi connectivity index (χ3v) is 9.93. The van der Waals surface area contributed by atoms with E-state index in [1.807, 2.05) is 50.5 Å². The fraction of sp³-hybridized carbons (Fsp3) is 0.412. The van der Waals surface area contributed by atoms with Crippen LogP contribution in [0.3, 0.4) is 0 Å². The molecule has 9 nitrogen and oxygen atoms in total. The second-order valence-electron chi connectivity index (χ2n) is 12.3. The molecule has 0 radical (unpaired) electrons. The highest BCUT2D eigenvalue weighted by Gasteiger charge is 2.44. The van der Waals surface area contributed by atoms with Gasteiger partial charge in [0.25, 0.3) is 5.91 Å². The van der Waals surface area contributed by atoms with Crippen molar-refractivity contribution in [3.63, 3.8) is 0 Å². The lowest BCUT2D eigenvalue weighted by Crippen LogP contribution is -2.51. The van der Waals surface area contributed by atoms with Gasteiger partial charge in [-0.25, -0.2) is 4.98 Å². The predicted octanol–water partition coefficient (Wildman–Crippen LogP) is 5.95. The fourth-order valence-electron chi connectivity index (χ4n) is 6.77. The number of piperidine rings is 1. The van der Waals surface area contributed by atoms with E-state index in [0.29, 0.717) is 18.7 Å². The smallest absolute Gasteiger partial charge is 0.307 e. The zero-order chi connectivity index (χ0) is 31.0. The van der Waals surface area contributed by atoms with Gasteiger partial charge in [-0.3, -0.25) is 14.3 Å². The number of hydrogen-bond acceptors (Lipinski definition) is 7. The maximum absolute atomic E-state index is 13.1. The summed E-state index contributed by atoms with van der Waals surface area (Å²) in [6.45, 7) is 6.41. The summed E-state index contributed by atoms with van der Waals surface area (Å²) in [6.07, 6.45) is 6.73. The molecule has 230 valence electrons. The number of thiazole rings is 1. The number of ether oxygens (including phenoxy) is 1. The zero-order valence-electron chi connectivity index (χ0n) is 25.7. The number of amides is 1. The number of benzene rings is 2. The summed E-state index contributed by atoms with van der Waals surface area (Å²) < 4.78 is 8.11. The Morgan fingerprint density at radius 1 is 1.11 bits per heavy atom. The Hall–Kier alpha value is -4.18. The maximum Gasteiger partial charge on any atom is 0.307 e. The van der Waals surface area contributed by atoms with Gasteiger partial charge < -0.3 is 19.6 Å². The van der Waals surface area contributed by atoms with Crippen molar-refractivity contribution in [1.82, 2.24) is 19.7 Å². The largest absolute Gasteiger partial charge is 0.488 e. The number of carboxylic acids is 1. The number of anilines is 1. The number of aromatic nitrogens is 3. The monoisotopic (exact) mass is 613 g/mol. The van der Waals surface area contributed by atoms with Crippen LogP contribution >= 0.6 is 11.3 Å². The van der Waals surface area contributed by atoms with E-state index in [9.17, 15) is 14.7 Å². The number of carboxylic acid groups (broad SMARTS) is 1. The number of carbonyl (C=O) groups excluding carboxylic acids is 1. The molecule has 0 unspecified atom stereocenters. The molecule has 2 aromatic carbocycles. The lowest BCUT2D eigenvalue weighted by atomic mass is 9.69. The van der Waals surface area contributed by atoms with Crippen LogP contribution in [-0.2, 0) is 25.0 Å². The van der Waals surface area contributed by atoms with Gasteiger partial charge in [-0.15, -0.1) is 11.3 Å². The van der Waals surface area contributed by atoms with Gasteiger partial charge in [-0.2, -0.15) is 5.10 Å². The highest BCUT2D eigenvalue weighted by atomic mass is 32.1. The summed E-state index contributed by atoms with van der Waals surface area (Å²) in [5.74, 6) is 0.184. The zero-order valence-corrected chi connectivity index (χ0v) is 26.5. The van der Waals surface area contributed by atoms with E-state index in [-0.39, 0.29) is 23.7 Å². The van der Waals surface area contributed by atoms with Crippen LogP contribution in [0.4, 0.5) is 5.13 Å². The number of hydrogen-bond donors (Lipinski definition) is 1. The molecule has 2 aliphatic rings. The number of fused-ring (bicyclic) bond motifs is 2. The standard InChI is InChI=1S/C34H39N5O4S/c1-21-8-11-30(43-19-27-10-9-24(13-22(27)2)32(40)37(3)15-23-14-35-38(4)16-23)28(12-21)29-20-44-34(36-29)39-17-25-6-5-7-26(18-39)31(25)33(41)42/h8-14,16,20,25-26,31H,5-7,15,17-19H2,1-4H3,(H,41,42)/t25-,26-/m0/s1. The molecule has 6 rings (SSSR count). The summed E-state index contributed by atoms with van der Waals surface area (Å²) >= 11 is 1.61. The van der Waals surface area contributed by atoms with Gasteiger partial charge >= 0.3 is 5.97 Å². The molecule has 2 fully saturated rings. The van der Waals surface area contributed by atoms with Crippen LogP contribution in [-0.4, -0.2) is 56.8 Å². The molecule has 1 saturated carbocycles. The van der Waals surface area contributed by atoms with Crippen molar-refractivity contribution < 1.29 is 19.4 Å². The Balaban J connectivity index is 1.14. The van der Waals surface area contributed by atoms with E-state index in [2.05, 4.69) is 28.4 Å². The molecule has 10 heteroatoms. The number of aryl methyl sites for hydroxylation is 3. The topological polar surface area (TPSA) is 101 Å². The first-order valence-electron chi connectivity index (χ1n) is 15.2. The van der Waals surface area contributed by atoms with Crippen LogP contribution < -0.4 is 9.64 Å². The molecule has 3 heterocycles. The molecule has 1 N–H and O–H groups in total. The number of nitrogens with zero attached hydrogens (tertiary/aromatic N) is 5. The van der Waals surface area contributed by atoms with Gasteiger partial charge in [0.2, 0.25) is 0 Å². The second-order valence-corrected chi connectivity index (χ2v) is 13.2. The summed E-state index contributed by atoms with van der Waals surface area (Å²) in [5.41, 5.74) is 6.54. The van der Waals surface area contributed by atoms with Crippen LogP contribution in [0.25, 0.3) is 11.3 Å². The van der Waals surface area contributed by atoms with Crippen LogP contribution in [0.15, 0.2) is 54.2 Å². The molecule has 2 bridgehead atoms. The fourth-order valence-corrected chi connectivity index (χ4v) is 7.61. The van der Waals surface area contributed by atoms with E-state index in [1.165, 1.54) is 0 Å². The summed E-state index contributed by atoms with van der Waals surface area (Å²) in [5, 5.41) is 17.0. The first-order valence-corrected chi connectivity index (χ1v) is 16.0. The average Bonchev–Trinajstić information content (AvgIpc) is 3.65. The first kappa shape index (κ1) is 29.9. The van der Waals surface area contributed by atoms with Gasteiger partial charge in [0, 0.05) is 62.0 Å². The molecule has 2 atom stereocenters. The van der Waals surface area contributed by atoms with E-state index >= 15 is 0 Å². The Kier molecular flexibility index (Phi) is 8.44. The van der Waals surface area contributed by atoms with Crippen LogP contribution in [0, 0.1) is 31.6 Å². The average molecular weight is 614 g/mol. The molecule has 4 aromatic rings. The molecular weight excluding hydrogens is 574 g/mol. The van der Waals surface area contributed by atoms with Crippen molar-refractivity contribution in [3.05, 3.63) is 82.0 Å². The van der Waals surface area contributed by atoms with Crippen LogP contribution in [0.2, 0.25) is 0 Å². The minimum atomic E-state index is -0.648. The highest BCUT2D eigenvalue weighted by molar-refractivity contribution is 7.14. The molecule has 1 aliphatic carbocycles. The van der Waals surface area contributed by atoms with Gasteiger partial charge in [0.1, 0.15) is 12.4 Å². The Morgan fingerprint density at radius 2 is 1.89 bits per heavy atom. The Bertz CT molecular complexity index is 1670. The summed E-state index contributed by atoms with van der Waals surface area (Å²) in [7, 11) is 3.66. The summed E-state index contributed by atoms with van der Waals surface area (Å²) in [4.78, 5) is 34.0. The van der Waals surface area contributed by atoms with Gasteiger partial charge in [-0.05, 0) is 73.9 Å². The molecule has 44 heavy (non-hydrogen) atoms. The molecule has 2 aromatic heterocycles. The Morgan fingerprint density at radius 3 is 2.57 bits per heavy atom. The third kappa shape index (κ3) is 6.22. The Labute approximate surface area is 262 Å². The van der Waals surface area contributed by atoms with Crippen LogP contribution in [0.1, 0.15) is 51.9 Å². The van der Waals surface area contributed by atoms with Crippen LogP contribution in [0.5, 0.6) is 5.75 Å². The van der Waals surface area contributed by atoms with E-state index in [0.717, 1.165) is 76.7 Å². The summed E-state index contributed by atoms with van der Waals surface area (Å²) in [6, 6.07) is 11.9. The number of rotatable bonds is 9. The molecular formula is C34H39N5O4S. The highest BCUT2D eigenvalue weighted by Crippen LogP contribution is 2.43. The lowest BCUT2D eigenvalue weighted by Gasteiger charge is -2.45. The van der Waals surface area contributed by atoms with Gasteiger partial charge in [0.05, 0.1) is 17.8 Å². The van der Waals surface area contributed by atoms with E-state index in [4.69, 9.17) is 9.72 Å². The van der Waals surface area contributed by atoms with Crippen molar-refractivity contribution in [2.24, 2.45) is 24.8 Å². The van der Waals surface area contributed by atoms with Crippen molar-refractivity contribution in [2.75, 3.05) is 25.0 Å².